The van der Waals surface area contributed by atoms with Gasteiger partial charge < -0.3 is 10.6 Å². The molecule has 0 aliphatic carbocycles. The Morgan fingerprint density at radius 2 is 2.43 bits per heavy atom. The molecule has 1 amide bonds. The third-order valence-electron chi connectivity index (χ3n) is 3.02. The summed E-state index contributed by atoms with van der Waals surface area (Å²) in [4.78, 5) is 13.5. The van der Waals surface area contributed by atoms with Gasteiger partial charge in [-0.1, -0.05) is 0 Å². The summed E-state index contributed by atoms with van der Waals surface area (Å²) in [6.07, 6.45) is 1.73. The fraction of sp³-hybridized carbons (Fsp3) is 0.900. The summed E-state index contributed by atoms with van der Waals surface area (Å²) < 4.78 is 0. The van der Waals surface area contributed by atoms with Crippen LogP contribution in [0.4, 0.5) is 0 Å². The number of piperazine rings is 1. The highest BCUT2D eigenvalue weighted by molar-refractivity contribution is 5.78. The minimum atomic E-state index is 0.221. The van der Waals surface area contributed by atoms with Gasteiger partial charge in [-0.2, -0.15) is 0 Å². The van der Waals surface area contributed by atoms with Gasteiger partial charge in [-0.15, -0.1) is 0 Å². The molecule has 2 heterocycles. The molecule has 2 fully saturated rings. The van der Waals surface area contributed by atoms with E-state index in [0.717, 1.165) is 32.6 Å². The van der Waals surface area contributed by atoms with Crippen LogP contribution < -0.4 is 10.6 Å². The minimum absolute atomic E-state index is 0.221. The largest absolute Gasteiger partial charge is 0.352 e. The average molecular weight is 197 g/mol. The van der Waals surface area contributed by atoms with Crippen LogP contribution >= 0.6 is 0 Å². The fourth-order valence-electron chi connectivity index (χ4n) is 2.30. The second-order valence-electron chi connectivity index (χ2n) is 4.42. The van der Waals surface area contributed by atoms with E-state index in [1.165, 1.54) is 0 Å². The van der Waals surface area contributed by atoms with Crippen LogP contribution in [0.15, 0.2) is 0 Å². The van der Waals surface area contributed by atoms with Gasteiger partial charge in [0.05, 0.1) is 0 Å². The van der Waals surface area contributed by atoms with E-state index >= 15 is 0 Å². The van der Waals surface area contributed by atoms with E-state index < -0.39 is 0 Å². The third kappa shape index (κ3) is 2.45. The molecule has 2 atom stereocenters. The molecule has 1 unspecified atom stereocenters. The lowest BCUT2D eigenvalue weighted by Gasteiger charge is -2.33. The van der Waals surface area contributed by atoms with E-state index in [0.29, 0.717) is 18.5 Å². The summed E-state index contributed by atoms with van der Waals surface area (Å²) in [7, 11) is 0. The first kappa shape index (κ1) is 9.93. The molecule has 0 saturated carbocycles. The lowest BCUT2D eigenvalue weighted by molar-refractivity contribution is -0.119. The van der Waals surface area contributed by atoms with Gasteiger partial charge in [0.2, 0.25) is 5.91 Å². The van der Waals surface area contributed by atoms with Gasteiger partial charge in [-0.05, 0) is 13.3 Å². The standard InChI is InChI=1S/C10H19N3O/c1-8-6-13(5-4-11-8)7-9-2-3-10(14)12-9/h8-9,11H,2-7H2,1H3,(H,12,14)/t8-,9?/m1/s1. The van der Waals surface area contributed by atoms with Gasteiger partial charge in [0, 0.05) is 44.7 Å². The number of carbonyl (C=O) groups excluding carboxylic acids is 1. The van der Waals surface area contributed by atoms with Crippen molar-refractivity contribution in [2.24, 2.45) is 0 Å². The molecular formula is C10H19N3O. The topological polar surface area (TPSA) is 44.4 Å². The Morgan fingerprint density at radius 3 is 3.07 bits per heavy atom. The molecule has 2 rings (SSSR count). The lowest BCUT2D eigenvalue weighted by atomic mass is 10.2. The van der Waals surface area contributed by atoms with Crippen LogP contribution in [0.1, 0.15) is 19.8 Å². The zero-order valence-electron chi connectivity index (χ0n) is 8.75. The maximum atomic E-state index is 11.0. The van der Waals surface area contributed by atoms with E-state index in [1.54, 1.807) is 0 Å². The third-order valence-corrected chi connectivity index (χ3v) is 3.02. The van der Waals surface area contributed by atoms with Crippen molar-refractivity contribution < 1.29 is 4.79 Å². The van der Waals surface area contributed by atoms with Crippen LogP contribution in [-0.4, -0.2) is 49.1 Å². The Morgan fingerprint density at radius 1 is 1.57 bits per heavy atom. The molecule has 14 heavy (non-hydrogen) atoms. The number of hydrogen-bond acceptors (Lipinski definition) is 3. The predicted octanol–water partition coefficient (Wildman–Crippen LogP) is -0.441. The number of nitrogens with one attached hydrogen (secondary N) is 2. The minimum Gasteiger partial charge on any atom is -0.352 e. The molecular weight excluding hydrogens is 178 g/mol. The van der Waals surface area contributed by atoms with Crippen molar-refractivity contribution in [2.75, 3.05) is 26.2 Å². The lowest BCUT2D eigenvalue weighted by Crippen LogP contribution is -2.52. The summed E-state index contributed by atoms with van der Waals surface area (Å²) in [5.74, 6) is 0.221. The highest BCUT2D eigenvalue weighted by Gasteiger charge is 2.24. The number of nitrogens with zero attached hydrogens (tertiary/aromatic N) is 1. The average Bonchev–Trinajstić information content (AvgIpc) is 2.51. The van der Waals surface area contributed by atoms with Crippen molar-refractivity contribution in [1.29, 1.82) is 0 Å². The Balaban J connectivity index is 1.76. The summed E-state index contributed by atoms with van der Waals surface area (Å²) in [5, 5.41) is 6.43. The van der Waals surface area contributed by atoms with Gasteiger partial charge in [0.15, 0.2) is 0 Å². The predicted molar refractivity (Wildman–Crippen MR) is 55.1 cm³/mol. The van der Waals surface area contributed by atoms with Crippen LogP contribution in [0.2, 0.25) is 0 Å². The monoisotopic (exact) mass is 197 g/mol. The van der Waals surface area contributed by atoms with Crippen LogP contribution in [0.25, 0.3) is 0 Å². The van der Waals surface area contributed by atoms with Crippen molar-refractivity contribution in [3.05, 3.63) is 0 Å². The van der Waals surface area contributed by atoms with Gasteiger partial charge in [-0.3, -0.25) is 9.69 Å². The van der Waals surface area contributed by atoms with Crippen molar-refractivity contribution in [2.45, 2.75) is 31.8 Å². The van der Waals surface area contributed by atoms with E-state index in [-0.39, 0.29) is 5.91 Å². The smallest absolute Gasteiger partial charge is 0.220 e. The summed E-state index contributed by atoms with van der Waals surface area (Å²) in [5.41, 5.74) is 0. The van der Waals surface area contributed by atoms with Crippen LogP contribution in [0.3, 0.4) is 0 Å². The number of rotatable bonds is 2. The zero-order chi connectivity index (χ0) is 9.97. The van der Waals surface area contributed by atoms with Crippen molar-refractivity contribution in [3.63, 3.8) is 0 Å². The van der Waals surface area contributed by atoms with E-state index in [4.69, 9.17) is 0 Å². The normalized spacial score (nSPS) is 34.5. The van der Waals surface area contributed by atoms with Crippen molar-refractivity contribution in [3.8, 4) is 0 Å². The maximum absolute atomic E-state index is 11.0. The van der Waals surface area contributed by atoms with E-state index in [1.807, 2.05) is 0 Å². The van der Waals surface area contributed by atoms with Crippen molar-refractivity contribution in [1.82, 2.24) is 15.5 Å². The fourth-order valence-corrected chi connectivity index (χ4v) is 2.30. The quantitative estimate of drug-likeness (QED) is 0.631. The first-order chi connectivity index (χ1) is 6.74. The SMILES string of the molecule is C[C@@H]1CN(CC2CCC(=O)N2)CCN1. The Bertz CT molecular complexity index is 219. The molecule has 2 N–H and O–H groups in total. The van der Waals surface area contributed by atoms with Gasteiger partial charge in [0.25, 0.3) is 0 Å². The summed E-state index contributed by atoms with van der Waals surface area (Å²) in [6.45, 7) is 6.52. The van der Waals surface area contributed by atoms with E-state index in [9.17, 15) is 4.79 Å². The van der Waals surface area contributed by atoms with Crippen LogP contribution in [-0.2, 0) is 4.79 Å². The molecule has 4 nitrogen and oxygen atoms in total. The number of amides is 1. The molecule has 0 spiro atoms. The second kappa shape index (κ2) is 4.28. The molecule has 0 aromatic heterocycles. The first-order valence-corrected chi connectivity index (χ1v) is 5.49. The molecule has 0 aromatic rings. The second-order valence-corrected chi connectivity index (χ2v) is 4.42. The zero-order valence-corrected chi connectivity index (χ0v) is 8.75. The first-order valence-electron chi connectivity index (χ1n) is 5.49. The maximum Gasteiger partial charge on any atom is 0.220 e. The van der Waals surface area contributed by atoms with E-state index in [2.05, 4.69) is 22.5 Å². The summed E-state index contributed by atoms with van der Waals surface area (Å²) in [6, 6.07) is 0.980. The molecule has 2 saturated heterocycles. The molecule has 0 bridgehead atoms. The summed E-state index contributed by atoms with van der Waals surface area (Å²) >= 11 is 0. The van der Waals surface area contributed by atoms with Crippen LogP contribution in [0.5, 0.6) is 0 Å². The molecule has 2 aliphatic heterocycles. The van der Waals surface area contributed by atoms with Crippen LogP contribution in [0, 0.1) is 0 Å². The van der Waals surface area contributed by atoms with Crippen molar-refractivity contribution >= 4 is 5.91 Å². The van der Waals surface area contributed by atoms with Gasteiger partial charge in [-0.25, -0.2) is 0 Å². The molecule has 0 radical (unpaired) electrons. The molecule has 2 aliphatic rings. The highest BCUT2D eigenvalue weighted by atomic mass is 16.1. The molecule has 4 heteroatoms. The highest BCUT2D eigenvalue weighted by Crippen LogP contribution is 2.09. The molecule has 80 valence electrons. The number of hydrogen-bond donors (Lipinski definition) is 2. The van der Waals surface area contributed by atoms with Gasteiger partial charge in [0.1, 0.15) is 0 Å². The number of carbonyl (C=O) groups is 1. The Hall–Kier alpha value is -0.610. The Labute approximate surface area is 85.0 Å². The Kier molecular flexibility index (Phi) is 3.03. The molecule has 0 aromatic carbocycles. The van der Waals surface area contributed by atoms with Gasteiger partial charge >= 0.3 is 0 Å².